The summed E-state index contributed by atoms with van der Waals surface area (Å²) in [4.78, 5) is 10.4. The molecule has 1 fully saturated rings. The van der Waals surface area contributed by atoms with Gasteiger partial charge in [0.1, 0.15) is 6.29 Å². The van der Waals surface area contributed by atoms with Crippen molar-refractivity contribution < 1.29 is 4.79 Å². The molecule has 1 aromatic carbocycles. The number of carbonyl (C=O) groups is 1. The Morgan fingerprint density at radius 2 is 2.00 bits per heavy atom. The molecule has 2 atom stereocenters. The highest BCUT2D eigenvalue weighted by Gasteiger charge is 2.37. The Bertz CT molecular complexity index is 286. The van der Waals surface area contributed by atoms with Crippen LogP contribution in [-0.4, -0.2) is 6.29 Å². The number of carbonyl (C=O) groups excluding carboxylic acids is 1. The van der Waals surface area contributed by atoms with Crippen molar-refractivity contribution in [2.24, 2.45) is 5.92 Å². The van der Waals surface area contributed by atoms with Gasteiger partial charge >= 0.3 is 0 Å². The highest BCUT2D eigenvalue weighted by molar-refractivity contribution is 5.61. The normalized spacial score (nSPS) is 26.8. The molecule has 1 heteroatoms. The van der Waals surface area contributed by atoms with Gasteiger partial charge in [-0.25, -0.2) is 0 Å². The molecule has 2 rings (SSSR count). The molecule has 0 aliphatic heterocycles. The molecule has 0 aromatic heterocycles. The molecule has 0 amide bonds. The van der Waals surface area contributed by atoms with E-state index in [1.807, 2.05) is 0 Å². The zero-order chi connectivity index (χ0) is 8.55. The first kappa shape index (κ1) is 7.53. The number of benzene rings is 1. The highest BCUT2D eigenvalue weighted by atomic mass is 16.1. The van der Waals surface area contributed by atoms with Gasteiger partial charge in [-0.15, -0.1) is 0 Å². The lowest BCUT2D eigenvalue weighted by molar-refractivity contribution is -0.108. The predicted molar refractivity (Wildman–Crippen MR) is 48.1 cm³/mol. The molecule has 1 aliphatic carbocycles. The summed E-state index contributed by atoms with van der Waals surface area (Å²) in [5.74, 6) is 0.816. The fourth-order valence-electron chi connectivity index (χ4n) is 1.56. The molecule has 0 unspecified atom stereocenters. The van der Waals surface area contributed by atoms with Crippen LogP contribution >= 0.6 is 0 Å². The second-order valence-electron chi connectivity index (χ2n) is 3.55. The van der Waals surface area contributed by atoms with Crippen molar-refractivity contribution in [3.63, 3.8) is 0 Å². The van der Waals surface area contributed by atoms with E-state index < -0.39 is 0 Å². The maximum absolute atomic E-state index is 10.4. The Hall–Kier alpha value is -1.11. The van der Waals surface area contributed by atoms with E-state index in [4.69, 9.17) is 0 Å². The Morgan fingerprint density at radius 1 is 1.33 bits per heavy atom. The van der Waals surface area contributed by atoms with Crippen LogP contribution in [0.2, 0.25) is 0 Å². The number of rotatable bonds is 2. The smallest absolute Gasteiger partial charge is 0.123 e. The van der Waals surface area contributed by atoms with Gasteiger partial charge in [0, 0.05) is 5.92 Å². The van der Waals surface area contributed by atoms with Crippen molar-refractivity contribution in [3.8, 4) is 0 Å². The van der Waals surface area contributed by atoms with Crippen LogP contribution in [0, 0.1) is 12.8 Å². The van der Waals surface area contributed by atoms with Crippen LogP contribution in [0.3, 0.4) is 0 Å². The summed E-state index contributed by atoms with van der Waals surface area (Å²) in [6.45, 7) is 2.08. The number of aryl methyl sites for hydroxylation is 1. The van der Waals surface area contributed by atoms with Crippen molar-refractivity contribution in [3.05, 3.63) is 35.4 Å². The standard InChI is InChI=1S/C11H12O/c1-8-2-4-9(5-3-8)11-6-10(11)7-12/h2-5,7,10-11H,6H2,1H3/t10-,11-/m1/s1. The van der Waals surface area contributed by atoms with Crippen LogP contribution in [-0.2, 0) is 4.79 Å². The third-order valence-corrected chi connectivity index (χ3v) is 2.52. The molecule has 0 heterocycles. The molecule has 0 saturated heterocycles. The fourth-order valence-corrected chi connectivity index (χ4v) is 1.56. The number of hydrogen-bond acceptors (Lipinski definition) is 1. The predicted octanol–water partition coefficient (Wildman–Crippen LogP) is 2.30. The van der Waals surface area contributed by atoms with Crippen LogP contribution in [0.15, 0.2) is 24.3 Å². The van der Waals surface area contributed by atoms with Gasteiger partial charge in [-0.3, -0.25) is 0 Å². The highest BCUT2D eigenvalue weighted by Crippen LogP contribution is 2.45. The van der Waals surface area contributed by atoms with E-state index in [-0.39, 0.29) is 0 Å². The lowest BCUT2D eigenvalue weighted by atomic mass is 10.1. The van der Waals surface area contributed by atoms with Gasteiger partial charge in [-0.2, -0.15) is 0 Å². The molecule has 62 valence electrons. The minimum absolute atomic E-state index is 0.299. The lowest BCUT2D eigenvalue weighted by Gasteiger charge is -1.97. The summed E-state index contributed by atoms with van der Waals surface area (Å²) in [6.07, 6.45) is 2.12. The molecule has 12 heavy (non-hydrogen) atoms. The topological polar surface area (TPSA) is 17.1 Å². The van der Waals surface area contributed by atoms with Crippen molar-refractivity contribution in [2.45, 2.75) is 19.3 Å². The zero-order valence-electron chi connectivity index (χ0n) is 7.16. The van der Waals surface area contributed by atoms with Gasteiger partial charge in [0.25, 0.3) is 0 Å². The van der Waals surface area contributed by atoms with Gasteiger partial charge in [0.2, 0.25) is 0 Å². The minimum atomic E-state index is 0.299. The fraction of sp³-hybridized carbons (Fsp3) is 0.364. The van der Waals surface area contributed by atoms with E-state index >= 15 is 0 Å². The number of aldehydes is 1. The molecular formula is C11H12O. The van der Waals surface area contributed by atoms with Crippen LogP contribution in [0.5, 0.6) is 0 Å². The van der Waals surface area contributed by atoms with Crippen LogP contribution in [0.25, 0.3) is 0 Å². The first-order valence-electron chi connectivity index (χ1n) is 4.33. The monoisotopic (exact) mass is 160 g/mol. The Balaban J connectivity index is 2.15. The largest absolute Gasteiger partial charge is 0.303 e. The van der Waals surface area contributed by atoms with Crippen LogP contribution in [0.4, 0.5) is 0 Å². The molecule has 1 nitrogen and oxygen atoms in total. The number of hydrogen-bond donors (Lipinski definition) is 0. The maximum atomic E-state index is 10.4. The summed E-state index contributed by atoms with van der Waals surface area (Å²) in [5.41, 5.74) is 2.60. The summed E-state index contributed by atoms with van der Waals surface area (Å²) < 4.78 is 0. The Kier molecular flexibility index (Phi) is 1.72. The van der Waals surface area contributed by atoms with Crippen molar-refractivity contribution in [2.75, 3.05) is 0 Å². The van der Waals surface area contributed by atoms with Gasteiger partial charge in [-0.05, 0) is 24.8 Å². The zero-order valence-corrected chi connectivity index (χ0v) is 7.16. The van der Waals surface area contributed by atoms with E-state index in [9.17, 15) is 4.79 Å². The second kappa shape index (κ2) is 2.74. The summed E-state index contributed by atoms with van der Waals surface area (Å²) in [6, 6.07) is 8.47. The van der Waals surface area contributed by atoms with E-state index in [1.165, 1.54) is 11.1 Å². The van der Waals surface area contributed by atoms with Crippen LogP contribution in [0.1, 0.15) is 23.5 Å². The van der Waals surface area contributed by atoms with E-state index in [2.05, 4.69) is 31.2 Å². The molecule has 1 aromatic rings. The average molecular weight is 160 g/mol. The van der Waals surface area contributed by atoms with Gasteiger partial charge in [0.15, 0.2) is 0 Å². The second-order valence-corrected chi connectivity index (χ2v) is 3.55. The minimum Gasteiger partial charge on any atom is -0.303 e. The molecule has 0 radical (unpaired) electrons. The van der Waals surface area contributed by atoms with E-state index in [0.717, 1.165) is 12.7 Å². The summed E-state index contributed by atoms with van der Waals surface area (Å²) >= 11 is 0. The SMILES string of the molecule is Cc1ccc([C@H]2C[C@@H]2C=O)cc1. The maximum Gasteiger partial charge on any atom is 0.123 e. The quantitative estimate of drug-likeness (QED) is 0.607. The lowest BCUT2D eigenvalue weighted by Crippen LogP contribution is -1.84. The van der Waals surface area contributed by atoms with Gasteiger partial charge in [0.05, 0.1) is 0 Å². The molecular weight excluding hydrogens is 148 g/mol. The van der Waals surface area contributed by atoms with Crippen LogP contribution < -0.4 is 0 Å². The summed E-state index contributed by atoms with van der Waals surface area (Å²) in [5, 5.41) is 0. The first-order valence-corrected chi connectivity index (χ1v) is 4.33. The summed E-state index contributed by atoms with van der Waals surface area (Å²) in [7, 11) is 0. The third-order valence-electron chi connectivity index (χ3n) is 2.52. The third kappa shape index (κ3) is 1.27. The first-order chi connectivity index (χ1) is 5.81. The van der Waals surface area contributed by atoms with Crippen molar-refractivity contribution in [1.82, 2.24) is 0 Å². The molecule has 0 spiro atoms. The average Bonchev–Trinajstić information content (AvgIpc) is 2.85. The van der Waals surface area contributed by atoms with E-state index in [1.54, 1.807) is 0 Å². The van der Waals surface area contributed by atoms with Gasteiger partial charge in [-0.1, -0.05) is 29.8 Å². The molecule has 1 saturated carbocycles. The molecule has 0 N–H and O–H groups in total. The Morgan fingerprint density at radius 3 is 2.50 bits per heavy atom. The van der Waals surface area contributed by atoms with E-state index in [0.29, 0.717) is 11.8 Å². The molecule has 0 bridgehead atoms. The molecule has 1 aliphatic rings. The Labute approximate surface area is 72.4 Å². The van der Waals surface area contributed by atoms with Crippen molar-refractivity contribution >= 4 is 6.29 Å². The van der Waals surface area contributed by atoms with Crippen molar-refractivity contribution in [1.29, 1.82) is 0 Å². The van der Waals surface area contributed by atoms with Gasteiger partial charge < -0.3 is 4.79 Å².